The summed E-state index contributed by atoms with van der Waals surface area (Å²) in [4.78, 5) is 41.7. The lowest BCUT2D eigenvalue weighted by atomic mass is 9.94. The third kappa shape index (κ3) is 4.79. The molecule has 0 radical (unpaired) electrons. The van der Waals surface area contributed by atoms with Crippen LogP contribution in [0, 0.1) is 0 Å². The van der Waals surface area contributed by atoms with Crippen LogP contribution in [-0.2, 0) is 20.7 Å². The second-order valence-corrected chi connectivity index (χ2v) is 9.22. The summed E-state index contributed by atoms with van der Waals surface area (Å²) in [6.45, 7) is 3.05. The standard InChI is InChI=1S/C27H30N2O6/c1-16-14-20-15-19(10-11-21(20)35-16)24(30)22-23(17-6-8-18(9-7-17)27(33)34-4)29(26(32)25(22)31)13-5-12-28(2)3/h6-11,15-16,23,30H,5,12-14H2,1-4H3/t16-,23-/m0/s1. The third-order valence-electron chi connectivity index (χ3n) is 6.36. The van der Waals surface area contributed by atoms with Crippen molar-refractivity contribution in [2.24, 2.45) is 0 Å². The number of benzene rings is 2. The summed E-state index contributed by atoms with van der Waals surface area (Å²) in [6, 6.07) is 11.1. The van der Waals surface area contributed by atoms with Crippen LogP contribution in [0.3, 0.4) is 0 Å². The Morgan fingerprint density at radius 2 is 1.83 bits per heavy atom. The number of hydrogen-bond acceptors (Lipinski definition) is 7. The second-order valence-electron chi connectivity index (χ2n) is 9.22. The van der Waals surface area contributed by atoms with Gasteiger partial charge in [0.25, 0.3) is 11.7 Å². The third-order valence-corrected chi connectivity index (χ3v) is 6.36. The van der Waals surface area contributed by atoms with Gasteiger partial charge in [-0.05, 0) is 75.4 Å². The lowest BCUT2D eigenvalue weighted by Crippen LogP contribution is -2.32. The SMILES string of the molecule is COC(=O)c1ccc([C@H]2C(=C(O)c3ccc4c(c3)C[C@H](C)O4)C(=O)C(=O)N2CCCN(C)C)cc1. The second kappa shape index (κ2) is 9.92. The summed E-state index contributed by atoms with van der Waals surface area (Å²) in [6.07, 6.45) is 1.40. The van der Waals surface area contributed by atoms with E-state index in [-0.39, 0.29) is 17.4 Å². The number of ketones is 1. The Bertz CT molecular complexity index is 1180. The van der Waals surface area contributed by atoms with E-state index in [9.17, 15) is 19.5 Å². The van der Waals surface area contributed by atoms with Crippen molar-refractivity contribution >= 4 is 23.4 Å². The van der Waals surface area contributed by atoms with Gasteiger partial charge in [0.2, 0.25) is 0 Å². The van der Waals surface area contributed by atoms with E-state index in [1.807, 2.05) is 32.0 Å². The number of fused-ring (bicyclic) bond motifs is 1. The fraction of sp³-hybridized carbons (Fsp3) is 0.370. The molecular weight excluding hydrogens is 448 g/mol. The molecule has 0 unspecified atom stereocenters. The zero-order valence-electron chi connectivity index (χ0n) is 20.4. The van der Waals surface area contributed by atoms with Crippen LogP contribution < -0.4 is 4.74 Å². The molecule has 1 amide bonds. The highest BCUT2D eigenvalue weighted by atomic mass is 16.5. The maximum atomic E-state index is 13.2. The number of carbonyl (C=O) groups excluding carboxylic acids is 3. The molecule has 1 fully saturated rings. The zero-order valence-corrected chi connectivity index (χ0v) is 20.4. The van der Waals surface area contributed by atoms with Crippen LogP contribution in [0.25, 0.3) is 5.76 Å². The Balaban J connectivity index is 1.77. The zero-order chi connectivity index (χ0) is 25.3. The largest absolute Gasteiger partial charge is 0.507 e. The molecule has 0 spiro atoms. The van der Waals surface area contributed by atoms with Crippen molar-refractivity contribution in [1.82, 2.24) is 9.80 Å². The minimum Gasteiger partial charge on any atom is -0.507 e. The van der Waals surface area contributed by atoms with E-state index < -0.39 is 23.7 Å². The van der Waals surface area contributed by atoms with E-state index >= 15 is 0 Å². The Hall–Kier alpha value is -3.65. The smallest absolute Gasteiger partial charge is 0.337 e. The summed E-state index contributed by atoms with van der Waals surface area (Å²) >= 11 is 0. The number of Topliss-reactive ketones (excluding diaryl/α,β-unsaturated/α-hetero) is 1. The minimum absolute atomic E-state index is 0.0394. The Morgan fingerprint density at radius 3 is 2.49 bits per heavy atom. The lowest BCUT2D eigenvalue weighted by molar-refractivity contribution is -0.139. The molecule has 2 heterocycles. The molecule has 35 heavy (non-hydrogen) atoms. The average Bonchev–Trinajstić information content (AvgIpc) is 3.34. The predicted molar refractivity (Wildman–Crippen MR) is 130 cm³/mol. The molecule has 2 aliphatic heterocycles. The van der Waals surface area contributed by atoms with Gasteiger partial charge in [-0.2, -0.15) is 0 Å². The van der Waals surface area contributed by atoms with Crippen LogP contribution in [0.4, 0.5) is 0 Å². The van der Waals surface area contributed by atoms with E-state index in [2.05, 4.69) is 0 Å². The van der Waals surface area contributed by atoms with Crippen molar-refractivity contribution in [3.63, 3.8) is 0 Å². The van der Waals surface area contributed by atoms with Gasteiger partial charge in [0, 0.05) is 18.5 Å². The molecular formula is C27H30N2O6. The maximum Gasteiger partial charge on any atom is 0.337 e. The summed E-state index contributed by atoms with van der Waals surface area (Å²) < 4.78 is 10.5. The van der Waals surface area contributed by atoms with Crippen LogP contribution >= 0.6 is 0 Å². The fourth-order valence-corrected chi connectivity index (χ4v) is 4.66. The van der Waals surface area contributed by atoms with Crippen molar-refractivity contribution in [3.05, 3.63) is 70.3 Å². The number of aliphatic hydroxyl groups excluding tert-OH is 1. The van der Waals surface area contributed by atoms with Gasteiger partial charge in [-0.3, -0.25) is 9.59 Å². The molecule has 0 saturated carbocycles. The molecule has 4 rings (SSSR count). The van der Waals surface area contributed by atoms with Crippen LogP contribution in [0.5, 0.6) is 5.75 Å². The molecule has 2 aromatic carbocycles. The Labute approximate surface area is 204 Å². The lowest BCUT2D eigenvalue weighted by Gasteiger charge is -2.26. The summed E-state index contributed by atoms with van der Waals surface area (Å²) in [7, 11) is 5.18. The molecule has 2 aromatic rings. The molecule has 1 saturated heterocycles. The highest BCUT2D eigenvalue weighted by Gasteiger charge is 2.46. The van der Waals surface area contributed by atoms with Crippen molar-refractivity contribution in [3.8, 4) is 5.75 Å². The van der Waals surface area contributed by atoms with Crippen molar-refractivity contribution in [2.45, 2.75) is 31.9 Å². The van der Waals surface area contributed by atoms with Gasteiger partial charge >= 0.3 is 5.97 Å². The number of likely N-dealkylation sites (tertiary alicyclic amines) is 1. The molecule has 1 N–H and O–H groups in total. The van der Waals surface area contributed by atoms with Crippen LogP contribution in [0.2, 0.25) is 0 Å². The normalized spacial score (nSPS) is 20.8. The van der Waals surface area contributed by atoms with Crippen LogP contribution in [-0.4, -0.2) is 73.0 Å². The minimum atomic E-state index is -0.771. The number of amides is 1. The Kier molecular flexibility index (Phi) is 6.93. The number of aliphatic hydroxyl groups is 1. The van der Waals surface area contributed by atoms with Gasteiger partial charge in [0.15, 0.2) is 0 Å². The predicted octanol–water partition coefficient (Wildman–Crippen LogP) is 3.17. The van der Waals surface area contributed by atoms with Crippen LogP contribution in [0.15, 0.2) is 48.0 Å². The first-order valence-corrected chi connectivity index (χ1v) is 11.6. The van der Waals surface area contributed by atoms with Crippen molar-refractivity contribution in [2.75, 3.05) is 34.3 Å². The first-order chi connectivity index (χ1) is 16.7. The number of methoxy groups -OCH3 is 1. The topological polar surface area (TPSA) is 96.4 Å². The number of rotatable bonds is 7. The first-order valence-electron chi connectivity index (χ1n) is 11.6. The molecule has 2 aliphatic rings. The molecule has 8 heteroatoms. The van der Waals surface area contributed by atoms with E-state index in [1.54, 1.807) is 36.4 Å². The van der Waals surface area contributed by atoms with E-state index in [0.29, 0.717) is 36.1 Å². The number of ether oxygens (including phenoxy) is 2. The van der Waals surface area contributed by atoms with Gasteiger partial charge in [-0.15, -0.1) is 0 Å². The number of nitrogens with zero attached hydrogens (tertiary/aromatic N) is 2. The van der Waals surface area contributed by atoms with Gasteiger partial charge < -0.3 is 24.4 Å². The number of hydrogen-bond donors (Lipinski definition) is 1. The summed E-state index contributed by atoms with van der Waals surface area (Å²) in [5.74, 6) is -1.31. The average molecular weight is 479 g/mol. The first kappa shape index (κ1) is 24.5. The molecule has 8 nitrogen and oxygen atoms in total. The number of esters is 1. The molecule has 184 valence electrons. The monoisotopic (exact) mass is 478 g/mol. The summed E-state index contributed by atoms with van der Waals surface area (Å²) in [5, 5.41) is 11.3. The van der Waals surface area contributed by atoms with E-state index in [4.69, 9.17) is 9.47 Å². The van der Waals surface area contributed by atoms with Gasteiger partial charge in [-0.1, -0.05) is 12.1 Å². The van der Waals surface area contributed by atoms with Crippen molar-refractivity contribution < 1.29 is 29.0 Å². The van der Waals surface area contributed by atoms with E-state index in [0.717, 1.165) is 17.9 Å². The highest BCUT2D eigenvalue weighted by molar-refractivity contribution is 6.46. The Morgan fingerprint density at radius 1 is 1.14 bits per heavy atom. The van der Waals surface area contributed by atoms with Crippen LogP contribution in [0.1, 0.15) is 46.4 Å². The molecule has 0 aromatic heterocycles. The molecule has 0 bridgehead atoms. The number of carbonyl (C=O) groups is 3. The summed E-state index contributed by atoms with van der Waals surface area (Å²) in [5.41, 5.74) is 2.43. The highest BCUT2D eigenvalue weighted by Crippen LogP contribution is 2.40. The maximum absolute atomic E-state index is 13.2. The van der Waals surface area contributed by atoms with Crippen molar-refractivity contribution in [1.29, 1.82) is 0 Å². The fourth-order valence-electron chi connectivity index (χ4n) is 4.66. The molecule has 2 atom stereocenters. The molecule has 0 aliphatic carbocycles. The van der Waals surface area contributed by atoms with Gasteiger partial charge in [-0.25, -0.2) is 4.79 Å². The quantitative estimate of drug-likeness (QED) is 0.283. The van der Waals surface area contributed by atoms with Gasteiger partial charge in [0.1, 0.15) is 17.6 Å². The van der Waals surface area contributed by atoms with Gasteiger partial charge in [0.05, 0.1) is 24.3 Å². The van der Waals surface area contributed by atoms with E-state index in [1.165, 1.54) is 12.0 Å².